The second-order valence-electron chi connectivity index (χ2n) is 5.43. The smallest absolute Gasteiger partial charge is 0.0917 e. The molecule has 1 unspecified atom stereocenters. The van der Waals surface area contributed by atoms with Crippen molar-refractivity contribution < 1.29 is 0 Å². The summed E-state index contributed by atoms with van der Waals surface area (Å²) < 4.78 is 0. The molecule has 0 amide bonds. The van der Waals surface area contributed by atoms with Crippen LogP contribution in [0.2, 0.25) is 0 Å². The predicted molar refractivity (Wildman–Crippen MR) is 78.1 cm³/mol. The topological polar surface area (TPSA) is 12.0 Å². The maximum atomic E-state index is 3.66. The van der Waals surface area contributed by atoms with Gasteiger partial charge in [-0.25, -0.2) is 0 Å². The average Bonchev–Trinajstić information content (AvgIpc) is 2.85. The van der Waals surface area contributed by atoms with Gasteiger partial charge in [-0.15, -0.1) is 11.3 Å². The minimum Gasteiger partial charge on any atom is -0.376 e. The van der Waals surface area contributed by atoms with Gasteiger partial charge in [0, 0.05) is 6.54 Å². The Balaban J connectivity index is 1.95. The Labute approximate surface area is 110 Å². The maximum absolute atomic E-state index is 3.66. The third-order valence-electron chi connectivity index (χ3n) is 4.05. The van der Waals surface area contributed by atoms with Gasteiger partial charge >= 0.3 is 0 Å². The van der Waals surface area contributed by atoms with E-state index in [1.54, 1.807) is 5.56 Å². The van der Waals surface area contributed by atoms with Crippen molar-refractivity contribution in [2.24, 2.45) is 5.92 Å². The van der Waals surface area contributed by atoms with Crippen LogP contribution in [0.15, 0.2) is 11.4 Å². The molecule has 1 aromatic rings. The van der Waals surface area contributed by atoms with Gasteiger partial charge in [0.2, 0.25) is 0 Å². The molecule has 1 aliphatic rings. The van der Waals surface area contributed by atoms with Crippen LogP contribution in [-0.2, 0) is 0 Å². The monoisotopic (exact) mass is 251 g/mol. The van der Waals surface area contributed by atoms with Crippen LogP contribution in [0.5, 0.6) is 0 Å². The summed E-state index contributed by atoms with van der Waals surface area (Å²) >= 11 is 1.88. The molecule has 1 N–H and O–H groups in total. The Morgan fingerprint density at radius 2 is 2.12 bits per heavy atom. The standard InChI is InChI=1S/C15H25NS/c1-3-12(2)11-16-15-14(9-10-17-15)13-7-5-4-6-8-13/h9-10,12-13,16H,3-8,11H2,1-2H3. The van der Waals surface area contributed by atoms with Crippen LogP contribution >= 0.6 is 11.3 Å². The summed E-state index contributed by atoms with van der Waals surface area (Å²) in [5.74, 6) is 1.60. The molecule has 1 heterocycles. The van der Waals surface area contributed by atoms with Crippen molar-refractivity contribution >= 4 is 16.3 Å². The summed E-state index contributed by atoms with van der Waals surface area (Å²) in [6.45, 7) is 5.71. The van der Waals surface area contributed by atoms with Crippen LogP contribution in [0.3, 0.4) is 0 Å². The van der Waals surface area contributed by atoms with Crippen molar-refractivity contribution in [1.29, 1.82) is 0 Å². The van der Waals surface area contributed by atoms with Crippen molar-refractivity contribution in [3.63, 3.8) is 0 Å². The van der Waals surface area contributed by atoms with Gasteiger partial charge in [0.1, 0.15) is 0 Å². The second kappa shape index (κ2) is 6.44. The van der Waals surface area contributed by atoms with Crippen LogP contribution < -0.4 is 5.32 Å². The van der Waals surface area contributed by atoms with Crippen molar-refractivity contribution in [1.82, 2.24) is 0 Å². The van der Waals surface area contributed by atoms with Crippen molar-refractivity contribution in [2.75, 3.05) is 11.9 Å². The van der Waals surface area contributed by atoms with Crippen molar-refractivity contribution in [2.45, 2.75) is 58.3 Å². The van der Waals surface area contributed by atoms with Gasteiger partial charge in [-0.3, -0.25) is 0 Å². The van der Waals surface area contributed by atoms with E-state index < -0.39 is 0 Å². The number of thiophene rings is 1. The Bertz CT molecular complexity index is 325. The van der Waals surface area contributed by atoms with Crippen LogP contribution in [0.1, 0.15) is 63.9 Å². The highest BCUT2D eigenvalue weighted by atomic mass is 32.1. The first-order chi connectivity index (χ1) is 8.31. The highest BCUT2D eigenvalue weighted by Gasteiger charge is 2.19. The predicted octanol–water partition coefficient (Wildman–Crippen LogP) is 5.25. The zero-order valence-electron chi connectivity index (χ0n) is 11.2. The highest BCUT2D eigenvalue weighted by molar-refractivity contribution is 7.14. The van der Waals surface area contributed by atoms with E-state index in [0.717, 1.165) is 18.4 Å². The van der Waals surface area contributed by atoms with Gasteiger partial charge < -0.3 is 5.32 Å². The lowest BCUT2D eigenvalue weighted by Gasteiger charge is -2.22. The molecule has 2 rings (SSSR count). The fourth-order valence-electron chi connectivity index (χ4n) is 2.61. The van der Waals surface area contributed by atoms with Crippen LogP contribution in [0, 0.1) is 5.92 Å². The molecular formula is C15H25NS. The normalized spacial score (nSPS) is 19.2. The van der Waals surface area contributed by atoms with Crippen molar-refractivity contribution in [3.05, 3.63) is 17.0 Å². The largest absolute Gasteiger partial charge is 0.376 e. The minimum atomic E-state index is 0.774. The first-order valence-corrected chi connectivity index (χ1v) is 8.00. The lowest BCUT2D eigenvalue weighted by atomic mass is 9.85. The SMILES string of the molecule is CCC(C)CNc1sccc1C1CCCCC1. The third kappa shape index (κ3) is 3.48. The Kier molecular flexibility index (Phi) is 4.90. The van der Waals surface area contributed by atoms with E-state index in [2.05, 4.69) is 30.6 Å². The maximum Gasteiger partial charge on any atom is 0.0917 e. The van der Waals surface area contributed by atoms with Gasteiger partial charge in [-0.05, 0) is 41.7 Å². The summed E-state index contributed by atoms with van der Waals surface area (Å²) in [6, 6.07) is 2.35. The molecule has 0 saturated heterocycles. The molecule has 0 aromatic carbocycles. The van der Waals surface area contributed by atoms with E-state index in [9.17, 15) is 0 Å². The fraction of sp³-hybridized carbons (Fsp3) is 0.733. The molecule has 0 aliphatic heterocycles. The van der Waals surface area contributed by atoms with E-state index in [1.807, 2.05) is 11.3 Å². The molecule has 1 atom stereocenters. The van der Waals surface area contributed by atoms with Crippen molar-refractivity contribution in [3.8, 4) is 0 Å². The lowest BCUT2D eigenvalue weighted by molar-refractivity contribution is 0.445. The molecule has 1 nitrogen and oxygen atoms in total. The summed E-state index contributed by atoms with van der Waals surface area (Å²) in [6.07, 6.45) is 8.34. The number of nitrogens with one attached hydrogen (secondary N) is 1. The first kappa shape index (κ1) is 12.9. The zero-order chi connectivity index (χ0) is 12.1. The van der Waals surface area contributed by atoms with Gasteiger partial charge in [-0.2, -0.15) is 0 Å². The van der Waals surface area contributed by atoms with Gasteiger partial charge in [0.15, 0.2) is 0 Å². The minimum absolute atomic E-state index is 0.774. The van der Waals surface area contributed by atoms with Gasteiger partial charge in [0.05, 0.1) is 5.00 Å². The number of hydrogen-bond donors (Lipinski definition) is 1. The highest BCUT2D eigenvalue weighted by Crippen LogP contribution is 2.39. The number of anilines is 1. The van der Waals surface area contributed by atoms with E-state index in [-0.39, 0.29) is 0 Å². The first-order valence-electron chi connectivity index (χ1n) is 7.12. The van der Waals surface area contributed by atoms with E-state index in [0.29, 0.717) is 0 Å². The lowest BCUT2D eigenvalue weighted by Crippen LogP contribution is -2.12. The molecule has 17 heavy (non-hydrogen) atoms. The molecule has 0 spiro atoms. The van der Waals surface area contributed by atoms with Crippen LogP contribution in [0.25, 0.3) is 0 Å². The number of rotatable bonds is 5. The summed E-state index contributed by atoms with van der Waals surface area (Å²) in [5.41, 5.74) is 1.60. The summed E-state index contributed by atoms with van der Waals surface area (Å²) in [4.78, 5) is 0. The Morgan fingerprint density at radius 1 is 1.35 bits per heavy atom. The van der Waals surface area contributed by atoms with E-state index in [1.165, 1.54) is 43.5 Å². The molecule has 96 valence electrons. The average molecular weight is 251 g/mol. The second-order valence-corrected chi connectivity index (χ2v) is 6.35. The number of hydrogen-bond acceptors (Lipinski definition) is 2. The van der Waals surface area contributed by atoms with E-state index >= 15 is 0 Å². The molecule has 1 aliphatic carbocycles. The molecule has 1 fully saturated rings. The summed E-state index contributed by atoms with van der Waals surface area (Å²) in [5, 5.41) is 7.35. The van der Waals surface area contributed by atoms with E-state index in [4.69, 9.17) is 0 Å². The molecule has 2 heteroatoms. The summed E-state index contributed by atoms with van der Waals surface area (Å²) in [7, 11) is 0. The Morgan fingerprint density at radius 3 is 2.82 bits per heavy atom. The quantitative estimate of drug-likeness (QED) is 0.753. The third-order valence-corrected chi connectivity index (χ3v) is 4.94. The Hall–Kier alpha value is -0.500. The fourth-order valence-corrected chi connectivity index (χ4v) is 3.50. The molecule has 0 bridgehead atoms. The van der Waals surface area contributed by atoms with Crippen LogP contribution in [-0.4, -0.2) is 6.54 Å². The van der Waals surface area contributed by atoms with Gasteiger partial charge in [0.25, 0.3) is 0 Å². The molecule has 0 radical (unpaired) electrons. The zero-order valence-corrected chi connectivity index (χ0v) is 12.0. The molecule has 1 saturated carbocycles. The van der Waals surface area contributed by atoms with Gasteiger partial charge in [-0.1, -0.05) is 39.5 Å². The molecular weight excluding hydrogens is 226 g/mol. The molecule has 1 aromatic heterocycles. The van der Waals surface area contributed by atoms with Crippen LogP contribution in [0.4, 0.5) is 5.00 Å².